The van der Waals surface area contributed by atoms with Crippen LogP contribution in [0.4, 0.5) is 0 Å². The molecule has 0 saturated carbocycles. The van der Waals surface area contributed by atoms with E-state index in [1.165, 1.54) is 5.56 Å². The van der Waals surface area contributed by atoms with Crippen molar-refractivity contribution < 1.29 is 9.47 Å². The quantitative estimate of drug-likeness (QED) is 0.841. The zero-order chi connectivity index (χ0) is 14.4. The molecule has 0 aliphatic carbocycles. The Kier molecular flexibility index (Phi) is 5.01. The van der Waals surface area contributed by atoms with Gasteiger partial charge in [-0.15, -0.1) is 0 Å². The molecule has 0 atom stereocenters. The molecule has 0 amide bonds. The molecular formula is C15H21N3O2. The van der Waals surface area contributed by atoms with Crippen LogP contribution in [-0.2, 0) is 19.6 Å². The van der Waals surface area contributed by atoms with Gasteiger partial charge in [0.05, 0.1) is 20.4 Å². The van der Waals surface area contributed by atoms with Gasteiger partial charge < -0.3 is 14.8 Å². The minimum absolute atomic E-state index is 0.750. The molecule has 0 saturated heterocycles. The van der Waals surface area contributed by atoms with Crippen molar-refractivity contribution in [3.63, 3.8) is 0 Å². The molecule has 0 spiro atoms. The smallest absolute Gasteiger partial charge is 0.161 e. The number of nitrogens with one attached hydrogen (secondary N) is 1. The van der Waals surface area contributed by atoms with Crippen molar-refractivity contribution in [1.82, 2.24) is 15.1 Å². The van der Waals surface area contributed by atoms with E-state index in [1.807, 2.05) is 29.1 Å². The van der Waals surface area contributed by atoms with Gasteiger partial charge in [0.15, 0.2) is 11.5 Å². The number of nitrogens with zero attached hydrogens (tertiary/aromatic N) is 2. The van der Waals surface area contributed by atoms with Crippen LogP contribution < -0.4 is 14.8 Å². The molecule has 5 heteroatoms. The van der Waals surface area contributed by atoms with Crippen LogP contribution in [0.25, 0.3) is 0 Å². The molecule has 1 heterocycles. The number of hydrogen-bond acceptors (Lipinski definition) is 4. The summed E-state index contributed by atoms with van der Waals surface area (Å²) < 4.78 is 12.4. The fourth-order valence-electron chi connectivity index (χ4n) is 2.01. The van der Waals surface area contributed by atoms with Crippen molar-refractivity contribution in [1.29, 1.82) is 0 Å². The van der Waals surface area contributed by atoms with Crippen LogP contribution in [0, 0.1) is 0 Å². The van der Waals surface area contributed by atoms with Crippen LogP contribution in [0.2, 0.25) is 0 Å². The van der Waals surface area contributed by atoms with Gasteiger partial charge in [0, 0.05) is 31.4 Å². The normalized spacial score (nSPS) is 10.6. The second-order valence-electron chi connectivity index (χ2n) is 4.50. The summed E-state index contributed by atoms with van der Waals surface area (Å²) in [6.07, 6.45) is 3.95. The highest BCUT2D eigenvalue weighted by Crippen LogP contribution is 2.27. The fourth-order valence-corrected chi connectivity index (χ4v) is 2.01. The number of methoxy groups -OCH3 is 2. The van der Waals surface area contributed by atoms with E-state index in [4.69, 9.17) is 9.47 Å². The molecule has 1 N–H and O–H groups in total. The zero-order valence-electron chi connectivity index (χ0n) is 12.2. The Morgan fingerprint density at radius 1 is 1.10 bits per heavy atom. The van der Waals surface area contributed by atoms with E-state index in [-0.39, 0.29) is 0 Å². The average Bonchev–Trinajstić information content (AvgIpc) is 2.95. The number of rotatable bonds is 7. The van der Waals surface area contributed by atoms with E-state index in [1.54, 1.807) is 14.2 Å². The maximum absolute atomic E-state index is 5.29. The minimum Gasteiger partial charge on any atom is -0.493 e. The first-order valence-corrected chi connectivity index (χ1v) is 6.69. The molecular weight excluding hydrogens is 254 g/mol. The van der Waals surface area contributed by atoms with Crippen molar-refractivity contribution in [2.24, 2.45) is 0 Å². The Morgan fingerprint density at radius 2 is 1.85 bits per heavy atom. The van der Waals surface area contributed by atoms with Gasteiger partial charge in [-0.2, -0.15) is 5.10 Å². The lowest BCUT2D eigenvalue weighted by atomic mass is 10.2. The molecule has 2 rings (SSSR count). The first-order valence-electron chi connectivity index (χ1n) is 6.69. The van der Waals surface area contributed by atoms with E-state index < -0.39 is 0 Å². The van der Waals surface area contributed by atoms with Crippen molar-refractivity contribution >= 4 is 0 Å². The van der Waals surface area contributed by atoms with Gasteiger partial charge in [-0.3, -0.25) is 4.68 Å². The first kappa shape index (κ1) is 14.4. The van der Waals surface area contributed by atoms with Crippen LogP contribution >= 0.6 is 0 Å². The monoisotopic (exact) mass is 275 g/mol. The molecule has 0 fully saturated rings. The minimum atomic E-state index is 0.750. The summed E-state index contributed by atoms with van der Waals surface area (Å²) in [7, 11) is 3.29. The topological polar surface area (TPSA) is 48.3 Å². The third-order valence-electron chi connectivity index (χ3n) is 3.12. The van der Waals surface area contributed by atoms with E-state index >= 15 is 0 Å². The summed E-state index contributed by atoms with van der Waals surface area (Å²) >= 11 is 0. The summed E-state index contributed by atoms with van der Waals surface area (Å²) in [5.74, 6) is 1.51. The second-order valence-corrected chi connectivity index (χ2v) is 4.50. The molecule has 0 radical (unpaired) electrons. The lowest BCUT2D eigenvalue weighted by Gasteiger charge is -2.10. The summed E-state index contributed by atoms with van der Waals surface area (Å²) in [4.78, 5) is 0. The van der Waals surface area contributed by atoms with Gasteiger partial charge in [-0.05, 0) is 24.6 Å². The van der Waals surface area contributed by atoms with Crippen molar-refractivity contribution in [3.05, 3.63) is 41.7 Å². The maximum atomic E-state index is 5.29. The second kappa shape index (κ2) is 6.96. The maximum Gasteiger partial charge on any atom is 0.161 e. The highest BCUT2D eigenvalue weighted by Gasteiger charge is 2.04. The van der Waals surface area contributed by atoms with Gasteiger partial charge in [-0.1, -0.05) is 6.07 Å². The zero-order valence-corrected chi connectivity index (χ0v) is 12.2. The van der Waals surface area contributed by atoms with Gasteiger partial charge in [0.25, 0.3) is 0 Å². The van der Waals surface area contributed by atoms with E-state index in [0.29, 0.717) is 0 Å². The van der Waals surface area contributed by atoms with Crippen LogP contribution in [0.15, 0.2) is 30.6 Å². The molecule has 1 aromatic heterocycles. The van der Waals surface area contributed by atoms with E-state index in [9.17, 15) is 0 Å². The molecule has 0 aliphatic heterocycles. The number of hydrogen-bond donors (Lipinski definition) is 1. The Balaban J connectivity index is 1.90. The fraction of sp³-hybridized carbons (Fsp3) is 0.400. The Bertz CT molecular complexity index is 552. The molecule has 20 heavy (non-hydrogen) atoms. The first-order chi connectivity index (χ1) is 9.76. The molecule has 0 unspecified atom stereocenters. The summed E-state index contributed by atoms with van der Waals surface area (Å²) in [6.45, 7) is 4.55. The average molecular weight is 275 g/mol. The molecule has 108 valence electrons. The van der Waals surface area contributed by atoms with Crippen LogP contribution in [0.3, 0.4) is 0 Å². The van der Waals surface area contributed by atoms with Crippen molar-refractivity contribution in [2.75, 3.05) is 14.2 Å². The lowest BCUT2D eigenvalue weighted by molar-refractivity contribution is 0.354. The third-order valence-corrected chi connectivity index (χ3v) is 3.12. The standard InChI is InChI=1S/C15H21N3O2/c1-4-18-11-13(10-17-18)9-16-8-12-5-6-14(19-2)15(7-12)20-3/h5-7,10-11,16H,4,8-9H2,1-3H3. The lowest BCUT2D eigenvalue weighted by Crippen LogP contribution is -2.12. The van der Waals surface area contributed by atoms with Crippen molar-refractivity contribution in [3.8, 4) is 11.5 Å². The number of ether oxygens (including phenoxy) is 2. The van der Waals surface area contributed by atoms with Crippen LogP contribution in [0.1, 0.15) is 18.1 Å². The van der Waals surface area contributed by atoms with Gasteiger partial charge >= 0.3 is 0 Å². The number of aromatic nitrogens is 2. The van der Waals surface area contributed by atoms with Crippen LogP contribution in [0.5, 0.6) is 11.5 Å². The summed E-state index contributed by atoms with van der Waals surface area (Å²) in [5.41, 5.74) is 2.35. The van der Waals surface area contributed by atoms with Gasteiger partial charge in [0.2, 0.25) is 0 Å². The largest absolute Gasteiger partial charge is 0.493 e. The predicted molar refractivity (Wildman–Crippen MR) is 78.0 cm³/mol. The summed E-state index contributed by atoms with van der Waals surface area (Å²) in [6, 6.07) is 5.94. The van der Waals surface area contributed by atoms with Crippen molar-refractivity contribution in [2.45, 2.75) is 26.6 Å². The van der Waals surface area contributed by atoms with Gasteiger partial charge in [0.1, 0.15) is 0 Å². The molecule has 1 aromatic carbocycles. The highest BCUT2D eigenvalue weighted by atomic mass is 16.5. The van der Waals surface area contributed by atoms with Gasteiger partial charge in [-0.25, -0.2) is 0 Å². The number of aryl methyl sites for hydroxylation is 1. The Labute approximate surface area is 119 Å². The molecule has 2 aromatic rings. The summed E-state index contributed by atoms with van der Waals surface area (Å²) in [5, 5.41) is 7.64. The Hall–Kier alpha value is -2.01. The predicted octanol–water partition coefficient (Wildman–Crippen LogP) is 2.21. The molecule has 0 aliphatic rings. The van der Waals surface area contributed by atoms with E-state index in [2.05, 4.69) is 23.5 Å². The SMILES string of the molecule is CCn1cc(CNCc2ccc(OC)c(OC)c2)cn1. The van der Waals surface area contributed by atoms with Crippen LogP contribution in [-0.4, -0.2) is 24.0 Å². The Morgan fingerprint density at radius 3 is 2.50 bits per heavy atom. The number of benzene rings is 1. The highest BCUT2D eigenvalue weighted by molar-refractivity contribution is 5.42. The van der Waals surface area contributed by atoms with E-state index in [0.717, 1.165) is 36.7 Å². The third kappa shape index (κ3) is 3.51. The molecule has 5 nitrogen and oxygen atoms in total. The molecule has 0 bridgehead atoms.